The fourth-order valence-corrected chi connectivity index (χ4v) is 2.64. The van der Waals surface area contributed by atoms with Crippen molar-refractivity contribution in [1.29, 1.82) is 0 Å². The lowest BCUT2D eigenvalue weighted by Crippen LogP contribution is -2.35. The van der Waals surface area contributed by atoms with Gasteiger partial charge in [0.2, 0.25) is 0 Å². The van der Waals surface area contributed by atoms with E-state index in [2.05, 4.69) is 0 Å². The molecule has 0 spiro atoms. The molecule has 0 aromatic heterocycles. The lowest BCUT2D eigenvalue weighted by molar-refractivity contribution is -0.121. The van der Waals surface area contributed by atoms with Crippen LogP contribution in [0.25, 0.3) is 0 Å². The van der Waals surface area contributed by atoms with Crippen molar-refractivity contribution in [2.75, 3.05) is 11.4 Å². The summed E-state index contributed by atoms with van der Waals surface area (Å²) in [5.74, 6) is -0.903. The second kappa shape index (κ2) is 4.02. The molecule has 1 amide bonds. The Bertz CT molecular complexity index is 614. The molecule has 0 saturated heterocycles. The molecule has 3 rings (SSSR count). The third kappa shape index (κ3) is 1.87. The zero-order chi connectivity index (χ0) is 13.7. The average molecular weight is 257 g/mol. The van der Waals surface area contributed by atoms with E-state index in [0.717, 1.165) is 24.0 Å². The smallest absolute Gasteiger partial charge is 0.297 e. The predicted molar refractivity (Wildman–Crippen MR) is 70.3 cm³/mol. The number of aryl methyl sites for hydroxylation is 2. The van der Waals surface area contributed by atoms with Crippen molar-refractivity contribution in [2.45, 2.75) is 26.7 Å². The van der Waals surface area contributed by atoms with Gasteiger partial charge in [0.15, 0.2) is 5.78 Å². The van der Waals surface area contributed by atoms with Gasteiger partial charge in [0.1, 0.15) is 0 Å². The van der Waals surface area contributed by atoms with E-state index < -0.39 is 11.7 Å². The van der Waals surface area contributed by atoms with Crippen LogP contribution in [0.15, 0.2) is 12.1 Å². The van der Waals surface area contributed by atoms with Crippen molar-refractivity contribution in [3.8, 4) is 0 Å². The first-order valence-electron chi connectivity index (χ1n) is 6.49. The standard InChI is InChI=1S/C15H15NO3/c1-8-5-9(2)13-11(6-8)16(15(19)14(13)18)7-12(17)10-3-4-10/h5-6,10H,3-4,7H2,1-2H3. The Hall–Kier alpha value is -1.97. The molecule has 1 aromatic carbocycles. The van der Waals surface area contributed by atoms with Gasteiger partial charge in [0.05, 0.1) is 17.8 Å². The molecule has 4 nitrogen and oxygen atoms in total. The monoisotopic (exact) mass is 257 g/mol. The molecule has 1 aliphatic carbocycles. The molecular weight excluding hydrogens is 242 g/mol. The fourth-order valence-electron chi connectivity index (χ4n) is 2.64. The maximum Gasteiger partial charge on any atom is 0.299 e. The van der Waals surface area contributed by atoms with E-state index in [0.29, 0.717) is 11.3 Å². The highest BCUT2D eigenvalue weighted by molar-refractivity contribution is 6.53. The van der Waals surface area contributed by atoms with Gasteiger partial charge in [0, 0.05) is 5.92 Å². The first kappa shape index (κ1) is 12.1. The summed E-state index contributed by atoms with van der Waals surface area (Å²) in [5.41, 5.74) is 2.85. The topological polar surface area (TPSA) is 54.5 Å². The number of ketones is 2. The highest BCUT2D eigenvalue weighted by atomic mass is 16.2. The van der Waals surface area contributed by atoms with E-state index in [4.69, 9.17) is 0 Å². The molecule has 0 unspecified atom stereocenters. The van der Waals surface area contributed by atoms with E-state index in [1.807, 2.05) is 26.0 Å². The molecule has 4 heteroatoms. The molecule has 98 valence electrons. The highest BCUT2D eigenvalue weighted by Crippen LogP contribution is 2.35. The molecule has 19 heavy (non-hydrogen) atoms. The lowest BCUT2D eigenvalue weighted by Gasteiger charge is -2.16. The van der Waals surface area contributed by atoms with Crippen molar-refractivity contribution >= 4 is 23.2 Å². The highest BCUT2D eigenvalue weighted by Gasteiger charge is 2.40. The minimum absolute atomic E-state index is 0.0329. The summed E-state index contributed by atoms with van der Waals surface area (Å²) >= 11 is 0. The largest absolute Gasteiger partial charge is 0.299 e. The molecule has 2 aliphatic rings. The van der Waals surface area contributed by atoms with Crippen LogP contribution < -0.4 is 4.90 Å². The van der Waals surface area contributed by atoms with Crippen LogP contribution in [-0.2, 0) is 9.59 Å². The summed E-state index contributed by atoms with van der Waals surface area (Å²) < 4.78 is 0. The van der Waals surface area contributed by atoms with Crippen molar-refractivity contribution in [3.05, 3.63) is 28.8 Å². The third-order valence-corrected chi connectivity index (χ3v) is 3.76. The van der Waals surface area contributed by atoms with Gasteiger partial charge in [-0.25, -0.2) is 0 Å². The van der Waals surface area contributed by atoms with Crippen LogP contribution in [0.4, 0.5) is 5.69 Å². The number of benzene rings is 1. The Morgan fingerprint density at radius 3 is 2.58 bits per heavy atom. The van der Waals surface area contributed by atoms with Crippen LogP contribution in [0.2, 0.25) is 0 Å². The normalized spacial score (nSPS) is 17.9. The fraction of sp³-hybridized carbons (Fsp3) is 0.400. The van der Waals surface area contributed by atoms with E-state index >= 15 is 0 Å². The van der Waals surface area contributed by atoms with Gasteiger partial charge in [-0.3, -0.25) is 19.3 Å². The molecular formula is C15H15NO3. The number of amides is 1. The van der Waals surface area contributed by atoms with Crippen LogP contribution in [0, 0.1) is 19.8 Å². The minimum Gasteiger partial charge on any atom is -0.297 e. The quantitative estimate of drug-likeness (QED) is 0.776. The van der Waals surface area contributed by atoms with E-state index in [1.54, 1.807) is 0 Å². The van der Waals surface area contributed by atoms with Gasteiger partial charge in [0.25, 0.3) is 11.7 Å². The molecule has 0 bridgehead atoms. The van der Waals surface area contributed by atoms with Gasteiger partial charge in [-0.15, -0.1) is 0 Å². The Balaban J connectivity index is 2.01. The molecule has 1 saturated carbocycles. The predicted octanol–water partition coefficient (Wildman–Crippen LogP) is 1.81. The summed E-state index contributed by atoms with van der Waals surface area (Å²) in [6.07, 6.45) is 1.82. The second-order valence-corrected chi connectivity index (χ2v) is 5.44. The number of hydrogen-bond donors (Lipinski definition) is 0. The average Bonchev–Trinajstić information content (AvgIpc) is 3.14. The van der Waals surface area contributed by atoms with Crippen LogP contribution in [0.1, 0.15) is 34.3 Å². The van der Waals surface area contributed by atoms with Crippen molar-refractivity contribution in [3.63, 3.8) is 0 Å². The Labute approximate surface area is 111 Å². The number of fused-ring (bicyclic) bond motifs is 1. The minimum atomic E-state index is -0.572. The lowest BCUT2D eigenvalue weighted by atomic mass is 10.0. The third-order valence-electron chi connectivity index (χ3n) is 3.76. The van der Waals surface area contributed by atoms with Crippen molar-refractivity contribution in [1.82, 2.24) is 0 Å². The Morgan fingerprint density at radius 2 is 1.95 bits per heavy atom. The number of hydrogen-bond acceptors (Lipinski definition) is 3. The Kier molecular flexibility index (Phi) is 2.55. The molecule has 1 aromatic rings. The summed E-state index contributed by atoms with van der Waals surface area (Å²) in [6.45, 7) is 3.77. The van der Waals surface area contributed by atoms with Crippen LogP contribution in [0.3, 0.4) is 0 Å². The van der Waals surface area contributed by atoms with E-state index in [9.17, 15) is 14.4 Å². The molecule has 0 atom stereocenters. The maximum atomic E-state index is 12.0. The number of rotatable bonds is 3. The van der Waals surface area contributed by atoms with Gasteiger partial charge < -0.3 is 0 Å². The van der Waals surface area contributed by atoms with Crippen LogP contribution >= 0.6 is 0 Å². The molecule has 0 radical (unpaired) electrons. The van der Waals surface area contributed by atoms with Gasteiger partial charge in [-0.1, -0.05) is 6.07 Å². The molecule has 1 aliphatic heterocycles. The number of Topliss-reactive ketones (excluding diaryl/α,β-unsaturated/α-hetero) is 2. The zero-order valence-corrected chi connectivity index (χ0v) is 11.0. The van der Waals surface area contributed by atoms with Crippen LogP contribution in [-0.4, -0.2) is 24.0 Å². The summed E-state index contributed by atoms with van der Waals surface area (Å²) in [7, 11) is 0. The molecule has 1 fully saturated rings. The Morgan fingerprint density at radius 1 is 1.26 bits per heavy atom. The number of carbonyl (C=O) groups is 3. The van der Waals surface area contributed by atoms with E-state index in [-0.39, 0.29) is 18.2 Å². The van der Waals surface area contributed by atoms with Crippen LogP contribution in [0.5, 0.6) is 0 Å². The number of carbonyl (C=O) groups excluding carboxylic acids is 3. The summed E-state index contributed by atoms with van der Waals surface area (Å²) in [5, 5.41) is 0. The zero-order valence-electron chi connectivity index (χ0n) is 11.0. The SMILES string of the molecule is Cc1cc(C)c2c(c1)N(CC(=O)C1CC1)C(=O)C2=O. The van der Waals surface area contributed by atoms with E-state index in [1.165, 1.54) is 4.90 Å². The molecule has 1 heterocycles. The van der Waals surface area contributed by atoms with Gasteiger partial charge in [-0.2, -0.15) is 0 Å². The number of anilines is 1. The second-order valence-electron chi connectivity index (χ2n) is 5.44. The van der Waals surface area contributed by atoms with Crippen molar-refractivity contribution < 1.29 is 14.4 Å². The first-order valence-corrected chi connectivity index (χ1v) is 6.49. The summed E-state index contributed by atoms with van der Waals surface area (Å²) in [6, 6.07) is 3.70. The van der Waals surface area contributed by atoms with Gasteiger partial charge in [-0.05, 0) is 43.9 Å². The summed E-state index contributed by atoms with van der Waals surface area (Å²) in [4.78, 5) is 37.3. The van der Waals surface area contributed by atoms with Crippen molar-refractivity contribution in [2.24, 2.45) is 5.92 Å². The first-order chi connectivity index (χ1) is 8.99. The van der Waals surface area contributed by atoms with Gasteiger partial charge >= 0.3 is 0 Å². The maximum absolute atomic E-state index is 12.0. The molecule has 0 N–H and O–H groups in total. The number of nitrogens with zero attached hydrogens (tertiary/aromatic N) is 1.